The van der Waals surface area contributed by atoms with E-state index in [0.29, 0.717) is 17.3 Å². The Balaban J connectivity index is 1.76. The zero-order valence-corrected chi connectivity index (χ0v) is 13.3. The zero-order valence-electron chi connectivity index (χ0n) is 12.6. The molecule has 0 atom stereocenters. The summed E-state index contributed by atoms with van der Waals surface area (Å²) in [6, 6.07) is 5.15. The van der Waals surface area contributed by atoms with Gasteiger partial charge in [0.05, 0.1) is 26.3 Å². The fourth-order valence-electron chi connectivity index (χ4n) is 2.25. The molecule has 7 heteroatoms. The van der Waals surface area contributed by atoms with Gasteiger partial charge in [0.15, 0.2) is 0 Å². The van der Waals surface area contributed by atoms with Crippen molar-refractivity contribution in [3.63, 3.8) is 0 Å². The Kier molecular flexibility index (Phi) is 6.18. The van der Waals surface area contributed by atoms with Crippen LogP contribution in [0.1, 0.15) is 5.56 Å². The third-order valence-corrected chi connectivity index (χ3v) is 3.85. The second-order valence-corrected chi connectivity index (χ2v) is 5.72. The van der Waals surface area contributed by atoms with Crippen LogP contribution in [-0.4, -0.2) is 51.2 Å². The highest BCUT2D eigenvalue weighted by Gasteiger charge is 2.17. The number of nitrogens with one attached hydrogen (secondary N) is 3. The molecule has 1 fully saturated rings. The Morgan fingerprint density at radius 2 is 2.00 bits per heavy atom. The van der Waals surface area contributed by atoms with E-state index in [0.717, 1.165) is 38.4 Å². The Hall–Kier alpha value is -1.63. The average molecular weight is 327 g/mol. The molecule has 1 aliphatic rings. The fraction of sp³-hybridized carbons (Fsp3) is 0.467. The minimum Gasteiger partial charge on any atom is -0.370 e. The van der Waals surface area contributed by atoms with E-state index >= 15 is 0 Å². The third-order valence-electron chi connectivity index (χ3n) is 3.62. The number of quaternary nitrogens is 1. The highest BCUT2D eigenvalue weighted by molar-refractivity contribution is 6.40. The number of hydrogen-bond acceptors (Lipinski definition) is 3. The number of carbonyl (C=O) groups excluding carboxylic acids is 2. The standard InChI is InChI=1S/C15H20ClN3O3/c1-11-2-3-12(16)10-13(11)18-15(21)14(20)17-4-5-19-6-8-22-9-7-19/h2-3,10H,4-9H2,1H3,(H,17,20)(H,18,21)/p+1. The van der Waals surface area contributed by atoms with Crippen molar-refractivity contribution < 1.29 is 19.2 Å². The minimum atomic E-state index is -0.678. The van der Waals surface area contributed by atoms with Crippen LogP contribution < -0.4 is 15.5 Å². The molecule has 1 aliphatic heterocycles. The van der Waals surface area contributed by atoms with Crippen molar-refractivity contribution in [2.24, 2.45) is 0 Å². The topological polar surface area (TPSA) is 71.9 Å². The Morgan fingerprint density at radius 1 is 1.27 bits per heavy atom. The molecule has 1 aromatic carbocycles. The van der Waals surface area contributed by atoms with E-state index in [2.05, 4.69) is 10.6 Å². The van der Waals surface area contributed by atoms with Gasteiger partial charge in [-0.25, -0.2) is 0 Å². The van der Waals surface area contributed by atoms with Crippen molar-refractivity contribution in [3.8, 4) is 0 Å². The van der Waals surface area contributed by atoms with Crippen LogP contribution in [0.2, 0.25) is 5.02 Å². The number of ether oxygens (including phenoxy) is 1. The van der Waals surface area contributed by atoms with Gasteiger partial charge in [0.25, 0.3) is 0 Å². The van der Waals surface area contributed by atoms with Crippen molar-refractivity contribution in [1.29, 1.82) is 0 Å². The summed E-state index contributed by atoms with van der Waals surface area (Å²) < 4.78 is 5.27. The highest BCUT2D eigenvalue weighted by Crippen LogP contribution is 2.19. The highest BCUT2D eigenvalue weighted by atomic mass is 35.5. The van der Waals surface area contributed by atoms with E-state index in [1.807, 2.05) is 6.92 Å². The van der Waals surface area contributed by atoms with Crippen molar-refractivity contribution in [3.05, 3.63) is 28.8 Å². The zero-order chi connectivity index (χ0) is 15.9. The van der Waals surface area contributed by atoms with Crippen LogP contribution in [0.15, 0.2) is 18.2 Å². The van der Waals surface area contributed by atoms with Gasteiger partial charge in [0.1, 0.15) is 13.1 Å². The van der Waals surface area contributed by atoms with Gasteiger partial charge in [-0.3, -0.25) is 9.59 Å². The number of benzene rings is 1. The second-order valence-electron chi connectivity index (χ2n) is 5.28. The summed E-state index contributed by atoms with van der Waals surface area (Å²) in [5.74, 6) is -1.31. The number of carbonyl (C=O) groups is 2. The molecule has 0 saturated carbocycles. The second kappa shape index (κ2) is 8.12. The van der Waals surface area contributed by atoms with Crippen LogP contribution in [0.4, 0.5) is 5.69 Å². The lowest BCUT2D eigenvalue weighted by molar-refractivity contribution is -0.906. The predicted octanol–water partition coefficient (Wildman–Crippen LogP) is -0.382. The maximum absolute atomic E-state index is 11.9. The summed E-state index contributed by atoms with van der Waals surface area (Å²) in [5.41, 5.74) is 1.40. The number of amides is 2. The summed E-state index contributed by atoms with van der Waals surface area (Å²) in [5, 5.41) is 5.73. The van der Waals surface area contributed by atoms with Gasteiger partial charge < -0.3 is 20.3 Å². The lowest BCUT2D eigenvalue weighted by Crippen LogP contribution is -3.14. The molecule has 1 aromatic rings. The van der Waals surface area contributed by atoms with Gasteiger partial charge in [-0.15, -0.1) is 0 Å². The molecule has 0 aromatic heterocycles. The molecule has 0 radical (unpaired) electrons. The molecular weight excluding hydrogens is 306 g/mol. The lowest BCUT2D eigenvalue weighted by atomic mass is 10.2. The molecule has 120 valence electrons. The molecule has 6 nitrogen and oxygen atoms in total. The minimum absolute atomic E-state index is 0.468. The fourth-order valence-corrected chi connectivity index (χ4v) is 2.42. The first-order valence-electron chi connectivity index (χ1n) is 7.33. The quantitative estimate of drug-likeness (QED) is 0.660. The molecule has 2 rings (SSSR count). The molecule has 3 N–H and O–H groups in total. The van der Waals surface area contributed by atoms with Crippen molar-refractivity contribution in [2.75, 3.05) is 44.7 Å². The SMILES string of the molecule is Cc1ccc(Cl)cc1NC(=O)C(=O)NCC[NH+]1CCOCC1. The molecule has 22 heavy (non-hydrogen) atoms. The van der Waals surface area contributed by atoms with Crippen molar-refractivity contribution in [2.45, 2.75) is 6.92 Å². The lowest BCUT2D eigenvalue weighted by Gasteiger charge is -2.23. The van der Waals surface area contributed by atoms with E-state index in [-0.39, 0.29) is 0 Å². The van der Waals surface area contributed by atoms with Gasteiger partial charge in [-0.1, -0.05) is 17.7 Å². The van der Waals surface area contributed by atoms with E-state index in [9.17, 15) is 9.59 Å². The first-order valence-corrected chi connectivity index (χ1v) is 7.70. The van der Waals surface area contributed by atoms with Crippen LogP contribution in [0.25, 0.3) is 0 Å². The number of halogens is 1. The first kappa shape index (κ1) is 16.7. The monoisotopic (exact) mass is 326 g/mol. The average Bonchev–Trinajstić information content (AvgIpc) is 2.52. The van der Waals surface area contributed by atoms with E-state index in [1.54, 1.807) is 18.2 Å². The summed E-state index contributed by atoms with van der Waals surface area (Å²) in [7, 11) is 0. The molecule has 1 saturated heterocycles. The van der Waals surface area contributed by atoms with Gasteiger partial charge in [0.2, 0.25) is 0 Å². The number of morpholine rings is 1. The van der Waals surface area contributed by atoms with Crippen molar-refractivity contribution >= 4 is 29.1 Å². The van der Waals surface area contributed by atoms with Crippen LogP contribution in [0.3, 0.4) is 0 Å². The van der Waals surface area contributed by atoms with E-state index in [1.165, 1.54) is 4.90 Å². The molecule has 0 unspecified atom stereocenters. The van der Waals surface area contributed by atoms with Gasteiger partial charge >= 0.3 is 11.8 Å². The molecule has 2 amide bonds. The number of anilines is 1. The predicted molar refractivity (Wildman–Crippen MR) is 84.2 cm³/mol. The maximum atomic E-state index is 11.9. The number of rotatable bonds is 4. The molecule has 0 aliphatic carbocycles. The first-order chi connectivity index (χ1) is 10.6. The van der Waals surface area contributed by atoms with Gasteiger partial charge in [0, 0.05) is 10.7 Å². The molecule has 1 heterocycles. The molecular formula is C15H21ClN3O3+. The summed E-state index contributed by atoms with van der Waals surface area (Å²) in [6.45, 7) is 6.46. The smallest absolute Gasteiger partial charge is 0.313 e. The van der Waals surface area contributed by atoms with E-state index in [4.69, 9.17) is 16.3 Å². The van der Waals surface area contributed by atoms with Crippen LogP contribution >= 0.6 is 11.6 Å². The Morgan fingerprint density at radius 3 is 2.73 bits per heavy atom. The molecule has 0 spiro atoms. The Bertz CT molecular complexity index is 545. The van der Waals surface area contributed by atoms with Gasteiger partial charge in [-0.2, -0.15) is 0 Å². The summed E-state index contributed by atoms with van der Waals surface area (Å²) in [6.07, 6.45) is 0. The summed E-state index contributed by atoms with van der Waals surface area (Å²) >= 11 is 5.88. The number of hydrogen-bond donors (Lipinski definition) is 3. The van der Waals surface area contributed by atoms with Crippen LogP contribution in [-0.2, 0) is 14.3 Å². The van der Waals surface area contributed by atoms with Crippen LogP contribution in [0, 0.1) is 6.92 Å². The van der Waals surface area contributed by atoms with Crippen molar-refractivity contribution in [1.82, 2.24) is 5.32 Å². The maximum Gasteiger partial charge on any atom is 0.313 e. The largest absolute Gasteiger partial charge is 0.370 e. The van der Waals surface area contributed by atoms with E-state index < -0.39 is 11.8 Å². The normalized spacial score (nSPS) is 15.4. The van der Waals surface area contributed by atoms with Crippen LogP contribution in [0.5, 0.6) is 0 Å². The molecule has 0 bridgehead atoms. The Labute approximate surface area is 134 Å². The third kappa shape index (κ3) is 4.98. The summed E-state index contributed by atoms with van der Waals surface area (Å²) in [4.78, 5) is 25.0. The number of aryl methyl sites for hydroxylation is 1. The van der Waals surface area contributed by atoms with Gasteiger partial charge in [-0.05, 0) is 24.6 Å².